The van der Waals surface area contributed by atoms with Crippen LogP contribution in [0, 0.1) is 20.2 Å². The first-order valence-electron chi connectivity index (χ1n) is 4.67. The average Bonchev–Trinajstić information content (AvgIpc) is 2.14. The zero-order valence-corrected chi connectivity index (χ0v) is 10.3. The van der Waals surface area contributed by atoms with Crippen LogP contribution in [-0.2, 0) is 0 Å². The molecule has 0 saturated heterocycles. The van der Waals surface area contributed by atoms with Gasteiger partial charge in [0.05, 0.1) is 17.9 Å². The minimum atomic E-state index is -1.96. The zero-order valence-electron chi connectivity index (χ0n) is 9.26. The topological polar surface area (TPSA) is 86.3 Å². The van der Waals surface area contributed by atoms with Crippen molar-refractivity contribution in [3.8, 4) is 0 Å². The van der Waals surface area contributed by atoms with Crippen LogP contribution < -0.4 is 5.19 Å². The summed E-state index contributed by atoms with van der Waals surface area (Å²) in [7, 11) is -1.96. The molecule has 0 saturated carbocycles. The lowest BCUT2D eigenvalue weighted by molar-refractivity contribution is -0.421. The van der Waals surface area contributed by atoms with Crippen molar-refractivity contribution in [2.45, 2.75) is 19.6 Å². The smallest absolute Gasteiger partial charge is 0.258 e. The van der Waals surface area contributed by atoms with Crippen LogP contribution in [0.4, 0.5) is 11.4 Å². The van der Waals surface area contributed by atoms with Gasteiger partial charge in [0, 0.05) is 11.3 Å². The summed E-state index contributed by atoms with van der Waals surface area (Å²) in [6, 6.07) is 4.28. The maximum absolute atomic E-state index is 10.9. The van der Waals surface area contributed by atoms with Crippen molar-refractivity contribution in [3.63, 3.8) is 0 Å². The van der Waals surface area contributed by atoms with E-state index >= 15 is 0 Å². The van der Waals surface area contributed by atoms with E-state index < -0.39 is 23.6 Å². The Morgan fingerprint density at radius 1 is 1.06 bits per heavy atom. The molecule has 0 radical (unpaired) electrons. The van der Waals surface area contributed by atoms with Crippen LogP contribution in [0.3, 0.4) is 0 Å². The lowest BCUT2D eigenvalue weighted by atomic mass is 10.3. The molecule has 1 aromatic rings. The van der Waals surface area contributed by atoms with Gasteiger partial charge in [0.1, 0.15) is 0 Å². The molecule has 0 atom stereocenters. The van der Waals surface area contributed by atoms with Crippen molar-refractivity contribution in [2.24, 2.45) is 0 Å². The molecule has 0 N–H and O–H groups in total. The number of nitrogens with zero attached hydrogens (tertiary/aromatic N) is 2. The van der Waals surface area contributed by atoms with Crippen molar-refractivity contribution < 1.29 is 9.85 Å². The van der Waals surface area contributed by atoms with E-state index in [1.165, 1.54) is 12.1 Å². The molecule has 1 aromatic carbocycles. The van der Waals surface area contributed by atoms with Crippen LogP contribution in [0.2, 0.25) is 19.6 Å². The van der Waals surface area contributed by atoms with Crippen LogP contribution in [0.5, 0.6) is 0 Å². The third-order valence-corrected chi connectivity index (χ3v) is 4.22. The number of rotatable bonds is 3. The first-order valence-corrected chi connectivity index (χ1v) is 8.17. The fourth-order valence-corrected chi connectivity index (χ4v) is 3.00. The lowest BCUT2D eigenvalue weighted by Crippen LogP contribution is -2.39. The van der Waals surface area contributed by atoms with Crippen LogP contribution in [-0.4, -0.2) is 17.9 Å². The van der Waals surface area contributed by atoms with E-state index in [0.717, 1.165) is 0 Å². The molecule has 0 aliphatic rings. The summed E-state index contributed by atoms with van der Waals surface area (Å²) in [6.07, 6.45) is 0. The van der Waals surface area contributed by atoms with Gasteiger partial charge in [-0.05, 0) is 0 Å². The molecule has 1 rings (SSSR count). The Morgan fingerprint density at radius 3 is 2.00 bits per heavy atom. The number of para-hydroxylation sites is 1. The van der Waals surface area contributed by atoms with Gasteiger partial charge in [0.2, 0.25) is 0 Å². The maximum Gasteiger partial charge on any atom is 0.345 e. The van der Waals surface area contributed by atoms with Gasteiger partial charge in [-0.3, -0.25) is 20.2 Å². The SMILES string of the molecule is C[Si](C)(C)c1cccc([N+](=O)[O-])c1[N+](=O)[O-]. The van der Waals surface area contributed by atoms with E-state index in [0.29, 0.717) is 5.19 Å². The van der Waals surface area contributed by atoms with Gasteiger partial charge in [-0.2, -0.15) is 0 Å². The predicted octanol–water partition coefficient (Wildman–Crippen LogP) is 2.05. The van der Waals surface area contributed by atoms with E-state index in [-0.39, 0.29) is 5.69 Å². The van der Waals surface area contributed by atoms with Crippen LogP contribution >= 0.6 is 0 Å². The van der Waals surface area contributed by atoms with Gasteiger partial charge in [-0.1, -0.05) is 31.8 Å². The molecule has 0 heterocycles. The third-order valence-electron chi connectivity index (χ3n) is 2.20. The quantitative estimate of drug-likeness (QED) is 0.459. The molecule has 0 fully saturated rings. The van der Waals surface area contributed by atoms with Gasteiger partial charge in [0.15, 0.2) is 0 Å². The number of nitro groups is 2. The average molecular weight is 240 g/mol. The summed E-state index contributed by atoms with van der Waals surface area (Å²) in [4.78, 5) is 20.3. The number of benzene rings is 1. The molecule has 0 aromatic heterocycles. The Morgan fingerprint density at radius 2 is 1.62 bits per heavy atom. The van der Waals surface area contributed by atoms with Crippen molar-refractivity contribution in [3.05, 3.63) is 38.4 Å². The van der Waals surface area contributed by atoms with E-state index in [9.17, 15) is 20.2 Å². The molecule has 0 aliphatic carbocycles. The number of nitro benzene ring substituents is 2. The van der Waals surface area contributed by atoms with E-state index in [1.807, 2.05) is 19.6 Å². The molecule has 0 amide bonds. The van der Waals surface area contributed by atoms with Crippen molar-refractivity contribution in [1.82, 2.24) is 0 Å². The summed E-state index contributed by atoms with van der Waals surface area (Å²) in [5.41, 5.74) is -0.781. The molecular weight excluding hydrogens is 228 g/mol. The number of hydrogen-bond donors (Lipinski definition) is 0. The molecular formula is C9H12N2O4Si. The highest BCUT2D eigenvalue weighted by Gasteiger charge is 2.34. The maximum atomic E-state index is 10.9. The Labute approximate surface area is 93.2 Å². The minimum absolute atomic E-state index is 0.355. The van der Waals surface area contributed by atoms with Crippen LogP contribution in [0.15, 0.2) is 18.2 Å². The van der Waals surface area contributed by atoms with E-state index in [1.54, 1.807) is 6.07 Å². The fraction of sp³-hybridized carbons (Fsp3) is 0.333. The molecule has 0 unspecified atom stereocenters. The predicted molar refractivity (Wildman–Crippen MR) is 62.7 cm³/mol. The van der Waals surface area contributed by atoms with Gasteiger partial charge in [0.25, 0.3) is 0 Å². The second kappa shape index (κ2) is 4.01. The van der Waals surface area contributed by atoms with Gasteiger partial charge in [-0.25, -0.2) is 0 Å². The summed E-state index contributed by atoms with van der Waals surface area (Å²) >= 11 is 0. The van der Waals surface area contributed by atoms with Crippen molar-refractivity contribution in [2.75, 3.05) is 0 Å². The highest BCUT2D eigenvalue weighted by molar-refractivity contribution is 6.89. The van der Waals surface area contributed by atoms with Crippen molar-refractivity contribution >= 4 is 24.6 Å². The minimum Gasteiger partial charge on any atom is -0.258 e. The molecule has 6 nitrogen and oxygen atoms in total. The first kappa shape index (κ1) is 12.3. The first-order chi connectivity index (χ1) is 7.25. The summed E-state index contributed by atoms with van der Waals surface area (Å²) in [5, 5.41) is 22.1. The highest BCUT2D eigenvalue weighted by atomic mass is 28.3. The lowest BCUT2D eigenvalue weighted by Gasteiger charge is -2.15. The molecule has 7 heteroatoms. The standard InChI is InChI=1S/C9H12N2O4Si/c1-16(2,3)8-6-4-5-7(10(12)13)9(8)11(14)15/h4-6H,1-3H3. The van der Waals surface area contributed by atoms with Gasteiger partial charge < -0.3 is 0 Å². The molecule has 16 heavy (non-hydrogen) atoms. The van der Waals surface area contributed by atoms with E-state index in [2.05, 4.69) is 0 Å². The Kier molecular flexibility index (Phi) is 3.08. The number of hydrogen-bond acceptors (Lipinski definition) is 4. The Balaban J connectivity index is 3.58. The largest absolute Gasteiger partial charge is 0.345 e. The Hall–Kier alpha value is -1.76. The molecule has 0 spiro atoms. The highest BCUT2D eigenvalue weighted by Crippen LogP contribution is 2.26. The van der Waals surface area contributed by atoms with Gasteiger partial charge >= 0.3 is 11.4 Å². The van der Waals surface area contributed by atoms with Crippen LogP contribution in [0.1, 0.15) is 0 Å². The third kappa shape index (κ3) is 2.24. The molecule has 86 valence electrons. The summed E-state index contributed by atoms with van der Waals surface area (Å²) < 4.78 is 0. The summed E-state index contributed by atoms with van der Waals surface area (Å²) in [6.45, 7) is 5.75. The van der Waals surface area contributed by atoms with Crippen molar-refractivity contribution in [1.29, 1.82) is 0 Å². The molecule has 0 bridgehead atoms. The monoisotopic (exact) mass is 240 g/mol. The fourth-order valence-electron chi connectivity index (χ4n) is 1.48. The van der Waals surface area contributed by atoms with Crippen LogP contribution in [0.25, 0.3) is 0 Å². The normalized spacial score (nSPS) is 11.2. The van der Waals surface area contributed by atoms with Gasteiger partial charge in [-0.15, -0.1) is 0 Å². The Bertz CT molecular complexity index is 453. The molecule has 0 aliphatic heterocycles. The second-order valence-corrected chi connectivity index (χ2v) is 9.48. The van der Waals surface area contributed by atoms with E-state index in [4.69, 9.17) is 0 Å². The summed E-state index contributed by atoms with van der Waals surface area (Å²) in [5.74, 6) is 0. The second-order valence-electron chi connectivity index (χ2n) is 4.44. The zero-order chi connectivity index (χ0) is 12.5.